The summed E-state index contributed by atoms with van der Waals surface area (Å²) in [5.74, 6) is -0.251. The van der Waals surface area contributed by atoms with E-state index < -0.39 is 11.9 Å². The van der Waals surface area contributed by atoms with Gasteiger partial charge in [0, 0.05) is 17.8 Å². The zero-order chi connectivity index (χ0) is 14.4. The van der Waals surface area contributed by atoms with E-state index in [4.69, 9.17) is 5.73 Å². The SMILES string of the molecule is CCCNc1cc(C(=O)NC(C)C(N)=O)cc(C)n1. The molecule has 2 amide bonds. The van der Waals surface area contributed by atoms with Crippen LogP contribution in [0.3, 0.4) is 0 Å². The minimum Gasteiger partial charge on any atom is -0.370 e. The van der Waals surface area contributed by atoms with Gasteiger partial charge in [-0.2, -0.15) is 0 Å². The number of nitrogens with zero attached hydrogens (tertiary/aromatic N) is 1. The van der Waals surface area contributed by atoms with Crippen LogP contribution in [-0.4, -0.2) is 29.4 Å². The number of nitrogens with two attached hydrogens (primary N) is 1. The summed E-state index contributed by atoms with van der Waals surface area (Å²) in [6.07, 6.45) is 0.968. The van der Waals surface area contributed by atoms with E-state index in [1.165, 1.54) is 0 Å². The Balaban J connectivity index is 2.84. The molecule has 1 aromatic rings. The number of nitrogens with one attached hydrogen (secondary N) is 2. The van der Waals surface area contributed by atoms with Gasteiger partial charge in [-0.3, -0.25) is 9.59 Å². The molecule has 0 aliphatic rings. The molecule has 0 spiro atoms. The Bertz CT molecular complexity index is 474. The van der Waals surface area contributed by atoms with Crippen LogP contribution in [0, 0.1) is 6.92 Å². The highest BCUT2D eigenvalue weighted by molar-refractivity contribution is 5.97. The lowest BCUT2D eigenvalue weighted by atomic mass is 10.2. The van der Waals surface area contributed by atoms with Crippen molar-refractivity contribution in [2.75, 3.05) is 11.9 Å². The van der Waals surface area contributed by atoms with Gasteiger partial charge in [0.25, 0.3) is 5.91 Å². The highest BCUT2D eigenvalue weighted by Crippen LogP contribution is 2.10. The molecule has 1 heterocycles. The summed E-state index contributed by atoms with van der Waals surface area (Å²) in [5.41, 5.74) is 6.30. The highest BCUT2D eigenvalue weighted by atomic mass is 16.2. The molecule has 0 fully saturated rings. The Labute approximate surface area is 112 Å². The van der Waals surface area contributed by atoms with Crippen molar-refractivity contribution in [3.8, 4) is 0 Å². The summed E-state index contributed by atoms with van der Waals surface area (Å²) < 4.78 is 0. The Morgan fingerprint density at radius 3 is 2.68 bits per heavy atom. The normalized spacial score (nSPS) is 11.7. The second kappa shape index (κ2) is 6.72. The van der Waals surface area contributed by atoms with Gasteiger partial charge < -0.3 is 16.4 Å². The van der Waals surface area contributed by atoms with Crippen molar-refractivity contribution >= 4 is 17.6 Å². The van der Waals surface area contributed by atoms with Crippen LogP contribution >= 0.6 is 0 Å². The number of hydrogen-bond donors (Lipinski definition) is 3. The van der Waals surface area contributed by atoms with Gasteiger partial charge in [0.2, 0.25) is 5.91 Å². The summed E-state index contributed by atoms with van der Waals surface area (Å²) in [5, 5.41) is 5.66. The molecule has 1 unspecified atom stereocenters. The molecule has 0 aliphatic carbocycles. The second-order valence-corrected chi connectivity index (χ2v) is 4.41. The molecular formula is C13H20N4O2. The van der Waals surface area contributed by atoms with E-state index in [-0.39, 0.29) is 5.91 Å². The standard InChI is InChI=1S/C13H20N4O2/c1-4-5-15-11-7-10(6-8(2)16-11)13(19)17-9(3)12(14)18/h6-7,9H,4-5H2,1-3H3,(H2,14,18)(H,15,16)(H,17,19). The van der Waals surface area contributed by atoms with Crippen molar-refractivity contribution in [3.05, 3.63) is 23.4 Å². The number of anilines is 1. The Morgan fingerprint density at radius 2 is 2.11 bits per heavy atom. The maximum absolute atomic E-state index is 12.0. The van der Waals surface area contributed by atoms with Crippen LogP contribution in [0.2, 0.25) is 0 Å². The Hall–Kier alpha value is -2.11. The second-order valence-electron chi connectivity index (χ2n) is 4.41. The average Bonchev–Trinajstić information content (AvgIpc) is 2.35. The van der Waals surface area contributed by atoms with Gasteiger partial charge in [0.1, 0.15) is 11.9 Å². The first-order chi connectivity index (χ1) is 8.93. The molecule has 0 aromatic carbocycles. The molecule has 0 saturated heterocycles. The van der Waals surface area contributed by atoms with Crippen LogP contribution < -0.4 is 16.4 Å². The lowest BCUT2D eigenvalue weighted by Crippen LogP contribution is -2.42. The lowest BCUT2D eigenvalue weighted by molar-refractivity contribution is -0.119. The number of rotatable bonds is 6. The average molecular weight is 264 g/mol. The molecule has 4 N–H and O–H groups in total. The quantitative estimate of drug-likeness (QED) is 0.708. The van der Waals surface area contributed by atoms with Gasteiger partial charge in [-0.15, -0.1) is 0 Å². The molecule has 6 heteroatoms. The molecule has 0 saturated carbocycles. The Morgan fingerprint density at radius 1 is 1.42 bits per heavy atom. The first-order valence-electron chi connectivity index (χ1n) is 6.26. The molecule has 1 atom stereocenters. The molecular weight excluding hydrogens is 244 g/mol. The number of aromatic nitrogens is 1. The Kier molecular flexibility index (Phi) is 5.29. The summed E-state index contributed by atoms with van der Waals surface area (Å²) in [4.78, 5) is 27.2. The summed E-state index contributed by atoms with van der Waals surface area (Å²) >= 11 is 0. The number of aryl methyl sites for hydroxylation is 1. The smallest absolute Gasteiger partial charge is 0.252 e. The third-order valence-electron chi connectivity index (χ3n) is 2.55. The molecule has 1 rings (SSSR count). The number of pyridine rings is 1. The minimum absolute atomic E-state index is 0.337. The van der Waals surface area contributed by atoms with Crippen LogP contribution in [0.15, 0.2) is 12.1 Å². The van der Waals surface area contributed by atoms with E-state index in [0.29, 0.717) is 11.4 Å². The predicted molar refractivity (Wildman–Crippen MR) is 73.9 cm³/mol. The first kappa shape index (κ1) is 14.9. The lowest BCUT2D eigenvalue weighted by Gasteiger charge is -2.12. The monoisotopic (exact) mass is 264 g/mol. The van der Waals surface area contributed by atoms with Crippen LogP contribution in [0.4, 0.5) is 5.82 Å². The van der Waals surface area contributed by atoms with Crippen molar-refractivity contribution in [1.82, 2.24) is 10.3 Å². The maximum Gasteiger partial charge on any atom is 0.252 e. The van der Waals surface area contributed by atoms with Gasteiger partial charge in [0.05, 0.1) is 0 Å². The molecule has 104 valence electrons. The minimum atomic E-state index is -0.701. The van der Waals surface area contributed by atoms with Gasteiger partial charge in [0.15, 0.2) is 0 Å². The highest BCUT2D eigenvalue weighted by Gasteiger charge is 2.14. The van der Waals surface area contributed by atoms with Crippen molar-refractivity contribution < 1.29 is 9.59 Å². The number of carbonyl (C=O) groups excluding carboxylic acids is 2. The van der Waals surface area contributed by atoms with E-state index in [1.807, 2.05) is 13.8 Å². The van der Waals surface area contributed by atoms with Gasteiger partial charge in [-0.1, -0.05) is 6.92 Å². The van der Waals surface area contributed by atoms with Gasteiger partial charge in [-0.25, -0.2) is 4.98 Å². The third kappa shape index (κ3) is 4.57. The summed E-state index contributed by atoms with van der Waals surface area (Å²) in [7, 11) is 0. The van der Waals surface area contributed by atoms with E-state index >= 15 is 0 Å². The molecule has 0 bridgehead atoms. The van der Waals surface area contributed by atoms with Crippen molar-refractivity contribution in [2.45, 2.75) is 33.2 Å². The summed E-state index contributed by atoms with van der Waals surface area (Å²) in [6, 6.07) is 2.62. The molecule has 0 aliphatic heterocycles. The third-order valence-corrected chi connectivity index (χ3v) is 2.55. The number of amides is 2. The predicted octanol–water partition coefficient (Wildman–Crippen LogP) is 0.816. The van der Waals surface area contributed by atoms with Crippen LogP contribution in [0.25, 0.3) is 0 Å². The van der Waals surface area contributed by atoms with Crippen LogP contribution in [-0.2, 0) is 4.79 Å². The number of primary amides is 1. The number of hydrogen-bond acceptors (Lipinski definition) is 4. The molecule has 6 nitrogen and oxygen atoms in total. The fourth-order valence-corrected chi connectivity index (χ4v) is 1.49. The molecule has 19 heavy (non-hydrogen) atoms. The van der Waals surface area contributed by atoms with E-state index in [2.05, 4.69) is 15.6 Å². The zero-order valence-corrected chi connectivity index (χ0v) is 11.5. The fourth-order valence-electron chi connectivity index (χ4n) is 1.49. The largest absolute Gasteiger partial charge is 0.370 e. The first-order valence-corrected chi connectivity index (χ1v) is 6.26. The van der Waals surface area contributed by atoms with Crippen LogP contribution in [0.5, 0.6) is 0 Å². The molecule has 0 radical (unpaired) electrons. The van der Waals surface area contributed by atoms with Gasteiger partial charge >= 0.3 is 0 Å². The topological polar surface area (TPSA) is 97.1 Å². The van der Waals surface area contributed by atoms with Gasteiger partial charge in [-0.05, 0) is 32.4 Å². The fraction of sp³-hybridized carbons (Fsp3) is 0.462. The summed E-state index contributed by atoms with van der Waals surface area (Å²) in [6.45, 7) is 6.19. The van der Waals surface area contributed by atoms with E-state index in [1.54, 1.807) is 19.1 Å². The van der Waals surface area contributed by atoms with Crippen molar-refractivity contribution in [1.29, 1.82) is 0 Å². The zero-order valence-electron chi connectivity index (χ0n) is 11.5. The van der Waals surface area contributed by atoms with Crippen molar-refractivity contribution in [2.24, 2.45) is 5.73 Å². The van der Waals surface area contributed by atoms with E-state index in [9.17, 15) is 9.59 Å². The van der Waals surface area contributed by atoms with Crippen LogP contribution in [0.1, 0.15) is 36.3 Å². The maximum atomic E-state index is 12.0. The van der Waals surface area contributed by atoms with E-state index in [0.717, 1.165) is 18.7 Å². The number of carbonyl (C=O) groups is 2. The molecule has 1 aromatic heterocycles. The van der Waals surface area contributed by atoms with Crippen molar-refractivity contribution in [3.63, 3.8) is 0 Å².